The fourth-order valence-electron chi connectivity index (χ4n) is 1.52. The Morgan fingerprint density at radius 3 is 2.73 bits per heavy atom. The number of hydrogen-bond donors (Lipinski definition) is 1. The number of hydrogen-bond acceptors (Lipinski definition) is 3. The molecule has 0 aromatic carbocycles. The molecule has 15 heavy (non-hydrogen) atoms. The van der Waals surface area contributed by atoms with Gasteiger partial charge in [-0.15, -0.1) is 0 Å². The molecule has 0 aliphatic rings. The molecule has 0 fully saturated rings. The molecule has 0 radical (unpaired) electrons. The Hall–Kier alpha value is -1.19. The van der Waals surface area contributed by atoms with Gasteiger partial charge >= 0.3 is 0 Å². The Kier molecular flexibility index (Phi) is 3.48. The van der Waals surface area contributed by atoms with Crippen LogP contribution >= 0.6 is 11.3 Å². The van der Waals surface area contributed by atoms with Crippen molar-refractivity contribution in [3.63, 3.8) is 0 Å². The number of thiophene rings is 1. The predicted octanol–water partition coefficient (Wildman–Crippen LogP) is 2.78. The van der Waals surface area contributed by atoms with Gasteiger partial charge in [0, 0.05) is 18.4 Å². The highest BCUT2D eigenvalue weighted by Gasteiger charge is 2.05. The van der Waals surface area contributed by atoms with Crippen LogP contribution in [0.2, 0.25) is 0 Å². The van der Waals surface area contributed by atoms with Crippen molar-refractivity contribution in [3.8, 4) is 0 Å². The van der Waals surface area contributed by atoms with Crippen LogP contribution in [0, 0.1) is 0 Å². The van der Waals surface area contributed by atoms with Crippen LogP contribution in [0.4, 0.5) is 0 Å². The average molecular weight is 218 g/mol. The van der Waals surface area contributed by atoms with Gasteiger partial charge in [-0.25, -0.2) is 0 Å². The summed E-state index contributed by atoms with van der Waals surface area (Å²) in [5.41, 5.74) is 8.62. The summed E-state index contributed by atoms with van der Waals surface area (Å²) < 4.78 is 0. The van der Waals surface area contributed by atoms with E-state index in [9.17, 15) is 0 Å². The minimum atomic E-state index is 0.157. The molecule has 2 aromatic heterocycles. The van der Waals surface area contributed by atoms with Gasteiger partial charge in [0.1, 0.15) is 0 Å². The van der Waals surface area contributed by atoms with Crippen LogP contribution in [-0.2, 0) is 6.42 Å². The first-order valence-electron chi connectivity index (χ1n) is 5.03. The van der Waals surface area contributed by atoms with Crippen LogP contribution in [0.25, 0.3) is 0 Å². The SMILES string of the molecule is NC(CCc1ccncc1)c1ccsc1. The van der Waals surface area contributed by atoms with Crippen molar-refractivity contribution in [1.29, 1.82) is 0 Å². The van der Waals surface area contributed by atoms with Crippen molar-refractivity contribution in [1.82, 2.24) is 4.98 Å². The molecule has 3 heteroatoms. The van der Waals surface area contributed by atoms with E-state index < -0.39 is 0 Å². The maximum absolute atomic E-state index is 6.08. The summed E-state index contributed by atoms with van der Waals surface area (Å²) in [6.45, 7) is 0. The molecule has 0 saturated carbocycles. The predicted molar refractivity (Wildman–Crippen MR) is 63.8 cm³/mol. The summed E-state index contributed by atoms with van der Waals surface area (Å²) in [4.78, 5) is 3.99. The molecule has 78 valence electrons. The van der Waals surface area contributed by atoms with Gasteiger partial charge in [-0.3, -0.25) is 4.98 Å². The Labute approximate surface area is 93.8 Å². The summed E-state index contributed by atoms with van der Waals surface area (Å²) >= 11 is 1.70. The lowest BCUT2D eigenvalue weighted by Gasteiger charge is -2.09. The lowest BCUT2D eigenvalue weighted by atomic mass is 10.0. The highest BCUT2D eigenvalue weighted by Crippen LogP contribution is 2.18. The van der Waals surface area contributed by atoms with Crippen molar-refractivity contribution < 1.29 is 0 Å². The molecule has 1 unspecified atom stereocenters. The van der Waals surface area contributed by atoms with Crippen molar-refractivity contribution in [3.05, 3.63) is 52.5 Å². The van der Waals surface area contributed by atoms with Crippen molar-refractivity contribution in [2.75, 3.05) is 0 Å². The first-order chi connectivity index (χ1) is 7.36. The first-order valence-corrected chi connectivity index (χ1v) is 5.97. The zero-order valence-electron chi connectivity index (χ0n) is 8.47. The van der Waals surface area contributed by atoms with E-state index in [-0.39, 0.29) is 6.04 Å². The van der Waals surface area contributed by atoms with Crippen LogP contribution in [-0.4, -0.2) is 4.98 Å². The molecule has 2 N–H and O–H groups in total. The van der Waals surface area contributed by atoms with E-state index in [1.54, 1.807) is 11.3 Å². The van der Waals surface area contributed by atoms with Crippen LogP contribution in [0.3, 0.4) is 0 Å². The smallest absolute Gasteiger partial charge is 0.0306 e. The molecular formula is C12H14N2S. The molecule has 0 saturated heterocycles. The molecule has 2 rings (SSSR count). The van der Waals surface area contributed by atoms with Gasteiger partial charge in [0.15, 0.2) is 0 Å². The summed E-state index contributed by atoms with van der Waals surface area (Å²) in [6, 6.07) is 6.34. The minimum Gasteiger partial charge on any atom is -0.324 e. The Morgan fingerprint density at radius 2 is 2.07 bits per heavy atom. The number of pyridine rings is 1. The number of nitrogens with zero attached hydrogens (tertiary/aromatic N) is 1. The number of nitrogens with two attached hydrogens (primary N) is 1. The van der Waals surface area contributed by atoms with Gasteiger partial charge in [0.25, 0.3) is 0 Å². The zero-order chi connectivity index (χ0) is 10.5. The molecule has 0 amide bonds. The molecule has 0 spiro atoms. The second kappa shape index (κ2) is 5.05. The largest absolute Gasteiger partial charge is 0.324 e. The van der Waals surface area contributed by atoms with Gasteiger partial charge in [0.05, 0.1) is 0 Å². The minimum absolute atomic E-state index is 0.157. The van der Waals surface area contributed by atoms with Crippen LogP contribution in [0.1, 0.15) is 23.6 Å². The third kappa shape index (κ3) is 2.88. The monoisotopic (exact) mass is 218 g/mol. The highest BCUT2D eigenvalue weighted by molar-refractivity contribution is 7.07. The van der Waals surface area contributed by atoms with Gasteiger partial charge in [-0.2, -0.15) is 11.3 Å². The third-order valence-electron chi connectivity index (χ3n) is 2.46. The maximum atomic E-state index is 6.08. The second-order valence-electron chi connectivity index (χ2n) is 3.56. The fourth-order valence-corrected chi connectivity index (χ4v) is 2.25. The number of aromatic nitrogens is 1. The molecular weight excluding hydrogens is 204 g/mol. The van der Waals surface area contributed by atoms with Gasteiger partial charge in [-0.05, 0) is 52.9 Å². The summed E-state index contributed by atoms with van der Waals surface area (Å²) in [6.07, 6.45) is 5.65. The Bertz CT molecular complexity index is 383. The van der Waals surface area contributed by atoms with E-state index in [4.69, 9.17) is 5.73 Å². The van der Waals surface area contributed by atoms with E-state index in [1.165, 1.54) is 11.1 Å². The summed E-state index contributed by atoms with van der Waals surface area (Å²) in [5.74, 6) is 0. The van der Waals surface area contributed by atoms with E-state index in [0.717, 1.165) is 12.8 Å². The van der Waals surface area contributed by atoms with E-state index >= 15 is 0 Å². The highest BCUT2D eigenvalue weighted by atomic mass is 32.1. The van der Waals surface area contributed by atoms with Crippen molar-refractivity contribution in [2.45, 2.75) is 18.9 Å². The molecule has 2 nitrogen and oxygen atoms in total. The van der Waals surface area contributed by atoms with Gasteiger partial charge < -0.3 is 5.73 Å². The van der Waals surface area contributed by atoms with Crippen molar-refractivity contribution >= 4 is 11.3 Å². The summed E-state index contributed by atoms with van der Waals surface area (Å²) in [7, 11) is 0. The van der Waals surface area contributed by atoms with Crippen LogP contribution in [0.15, 0.2) is 41.4 Å². The zero-order valence-corrected chi connectivity index (χ0v) is 9.28. The quantitative estimate of drug-likeness (QED) is 0.857. The lowest BCUT2D eigenvalue weighted by Crippen LogP contribution is -2.10. The van der Waals surface area contributed by atoms with Crippen LogP contribution in [0.5, 0.6) is 0 Å². The molecule has 0 aliphatic carbocycles. The number of rotatable bonds is 4. The Balaban J connectivity index is 1.89. The standard InChI is InChI=1S/C12H14N2S/c13-12(11-5-8-15-9-11)2-1-10-3-6-14-7-4-10/h3-9,12H,1-2,13H2. The normalized spacial score (nSPS) is 12.6. The van der Waals surface area contributed by atoms with E-state index in [0.29, 0.717) is 0 Å². The van der Waals surface area contributed by atoms with Gasteiger partial charge in [0.2, 0.25) is 0 Å². The average Bonchev–Trinajstić information content (AvgIpc) is 2.81. The van der Waals surface area contributed by atoms with Crippen molar-refractivity contribution in [2.24, 2.45) is 5.73 Å². The molecule has 0 bridgehead atoms. The van der Waals surface area contributed by atoms with Crippen LogP contribution < -0.4 is 5.73 Å². The summed E-state index contributed by atoms with van der Waals surface area (Å²) in [5, 5.41) is 4.19. The maximum Gasteiger partial charge on any atom is 0.0306 e. The lowest BCUT2D eigenvalue weighted by molar-refractivity contribution is 0.653. The Morgan fingerprint density at radius 1 is 1.27 bits per heavy atom. The topological polar surface area (TPSA) is 38.9 Å². The second-order valence-corrected chi connectivity index (χ2v) is 4.34. The van der Waals surface area contributed by atoms with E-state index in [2.05, 4.69) is 21.8 Å². The number of aryl methyl sites for hydroxylation is 1. The first kappa shape index (κ1) is 10.3. The molecule has 0 aliphatic heterocycles. The fraction of sp³-hybridized carbons (Fsp3) is 0.250. The molecule has 2 heterocycles. The van der Waals surface area contributed by atoms with E-state index in [1.807, 2.05) is 24.5 Å². The van der Waals surface area contributed by atoms with Gasteiger partial charge in [-0.1, -0.05) is 0 Å². The molecule has 1 atom stereocenters. The third-order valence-corrected chi connectivity index (χ3v) is 3.17. The molecule has 2 aromatic rings.